The number of benzene rings is 2. The van der Waals surface area contributed by atoms with Crippen LogP contribution in [-0.4, -0.2) is 60.9 Å². The zero-order valence-corrected chi connectivity index (χ0v) is 21.9. The van der Waals surface area contributed by atoms with E-state index in [1.54, 1.807) is 38.2 Å². The summed E-state index contributed by atoms with van der Waals surface area (Å²) in [6.45, 7) is 10.0. The van der Waals surface area contributed by atoms with E-state index < -0.39 is 5.97 Å². The number of nitrogens with zero attached hydrogens (tertiary/aromatic N) is 1. The van der Waals surface area contributed by atoms with E-state index in [1.165, 1.54) is 5.56 Å². The van der Waals surface area contributed by atoms with E-state index in [0.29, 0.717) is 24.1 Å². The van der Waals surface area contributed by atoms with E-state index in [0.717, 1.165) is 32.2 Å². The highest BCUT2D eigenvalue weighted by Crippen LogP contribution is 2.08. The van der Waals surface area contributed by atoms with E-state index in [2.05, 4.69) is 38.2 Å². The lowest BCUT2D eigenvalue weighted by Crippen LogP contribution is -2.34. The molecule has 0 aromatic heterocycles. The van der Waals surface area contributed by atoms with Crippen LogP contribution in [0.5, 0.6) is 0 Å². The van der Waals surface area contributed by atoms with Crippen molar-refractivity contribution in [3.63, 3.8) is 0 Å². The van der Waals surface area contributed by atoms with Crippen LogP contribution in [0, 0.1) is 12.8 Å². The standard InChI is InChI=1S/C14H19NO2.C7H16N2O2.C7H8.CH4/c1-3-8-15(9-4-2)14(17)13-7-5-6-12(10-13)11-16;1-5(7(10)11)3-6(8)4-9-2;1-7-5-3-2-4-6-7;/h5-7,10-11H,3-4,8-9H2,1-2H3;5-6,9H,3-4,8H2,1-2H3,(H,10,11);2-6H,1H3;1H4. The molecule has 0 saturated carbocycles. The lowest BCUT2D eigenvalue weighted by atomic mass is 10.0. The van der Waals surface area contributed by atoms with Crippen molar-refractivity contribution in [2.45, 2.75) is 60.4 Å². The van der Waals surface area contributed by atoms with Gasteiger partial charge in [-0.25, -0.2) is 0 Å². The number of hydrogen-bond donors (Lipinski definition) is 3. The van der Waals surface area contributed by atoms with Crippen molar-refractivity contribution < 1.29 is 19.5 Å². The third-order valence-electron chi connectivity index (χ3n) is 5.03. The summed E-state index contributed by atoms with van der Waals surface area (Å²) in [5.74, 6) is -1.12. The fourth-order valence-electron chi connectivity index (χ4n) is 3.22. The lowest BCUT2D eigenvalue weighted by Gasteiger charge is -2.21. The van der Waals surface area contributed by atoms with Gasteiger partial charge in [0.2, 0.25) is 0 Å². The molecule has 0 fully saturated rings. The quantitative estimate of drug-likeness (QED) is 0.372. The average molecular weight is 502 g/mol. The molecule has 0 radical (unpaired) electrons. The van der Waals surface area contributed by atoms with Crippen molar-refractivity contribution >= 4 is 18.2 Å². The maximum absolute atomic E-state index is 12.2. The summed E-state index contributed by atoms with van der Waals surface area (Å²) in [7, 11) is 1.80. The van der Waals surface area contributed by atoms with Gasteiger partial charge in [0, 0.05) is 36.8 Å². The minimum absolute atomic E-state index is 0. The summed E-state index contributed by atoms with van der Waals surface area (Å²) in [5, 5.41) is 11.4. The summed E-state index contributed by atoms with van der Waals surface area (Å²) < 4.78 is 0. The number of hydrogen-bond acceptors (Lipinski definition) is 5. The molecule has 0 saturated heterocycles. The number of nitrogens with one attached hydrogen (secondary N) is 1. The molecule has 0 heterocycles. The highest BCUT2D eigenvalue weighted by molar-refractivity contribution is 5.95. The maximum atomic E-state index is 12.2. The zero-order valence-electron chi connectivity index (χ0n) is 21.9. The number of aldehydes is 1. The van der Waals surface area contributed by atoms with E-state index >= 15 is 0 Å². The SMILES string of the molecule is C.CCCN(CCC)C(=O)c1cccc(C=O)c1.CNCC(N)CC(C)C(=O)O.Cc1ccccc1. The summed E-state index contributed by atoms with van der Waals surface area (Å²) in [5.41, 5.74) is 8.06. The molecular formula is C29H47N3O4. The van der Waals surface area contributed by atoms with Gasteiger partial charge in [0.15, 0.2) is 0 Å². The Morgan fingerprint density at radius 2 is 1.64 bits per heavy atom. The number of rotatable bonds is 11. The summed E-state index contributed by atoms with van der Waals surface area (Å²) in [6.07, 6.45) is 3.18. The number of aryl methyl sites for hydroxylation is 1. The van der Waals surface area contributed by atoms with Crippen LogP contribution in [0.2, 0.25) is 0 Å². The Bertz CT molecular complexity index is 853. The Kier molecular flexibility index (Phi) is 20.8. The van der Waals surface area contributed by atoms with E-state index in [4.69, 9.17) is 10.8 Å². The van der Waals surface area contributed by atoms with Crippen LogP contribution in [-0.2, 0) is 4.79 Å². The van der Waals surface area contributed by atoms with Gasteiger partial charge in [-0.2, -0.15) is 0 Å². The van der Waals surface area contributed by atoms with Crippen LogP contribution in [0.4, 0.5) is 0 Å². The van der Waals surface area contributed by atoms with Crippen LogP contribution in [0.15, 0.2) is 54.6 Å². The third kappa shape index (κ3) is 15.8. The molecule has 202 valence electrons. The van der Waals surface area contributed by atoms with Crippen molar-refractivity contribution in [2.24, 2.45) is 11.7 Å². The fraction of sp³-hybridized carbons (Fsp3) is 0.483. The van der Waals surface area contributed by atoms with Crippen LogP contribution in [0.25, 0.3) is 0 Å². The first kappa shape index (κ1) is 35.1. The monoisotopic (exact) mass is 501 g/mol. The molecular weight excluding hydrogens is 454 g/mol. The van der Waals surface area contributed by atoms with Gasteiger partial charge in [0.25, 0.3) is 5.91 Å². The Hall–Kier alpha value is -3.03. The summed E-state index contributed by atoms with van der Waals surface area (Å²) >= 11 is 0. The minimum Gasteiger partial charge on any atom is -0.481 e. The molecule has 0 bridgehead atoms. The summed E-state index contributed by atoms with van der Waals surface area (Å²) in [6, 6.07) is 17.0. The molecule has 7 nitrogen and oxygen atoms in total. The molecule has 0 aliphatic rings. The van der Waals surface area contributed by atoms with Gasteiger partial charge in [0.05, 0.1) is 5.92 Å². The van der Waals surface area contributed by atoms with Gasteiger partial charge >= 0.3 is 5.97 Å². The Balaban J connectivity index is 0. The van der Waals surface area contributed by atoms with Gasteiger partial charge in [-0.3, -0.25) is 14.4 Å². The molecule has 0 aliphatic carbocycles. The molecule has 2 rings (SSSR count). The molecule has 2 atom stereocenters. The second-order valence-electron chi connectivity index (χ2n) is 8.48. The number of carboxylic acid groups (broad SMARTS) is 1. The molecule has 0 spiro atoms. The first-order valence-corrected chi connectivity index (χ1v) is 12.2. The third-order valence-corrected chi connectivity index (χ3v) is 5.03. The first-order chi connectivity index (χ1) is 16.7. The van der Waals surface area contributed by atoms with Gasteiger partial charge in [-0.15, -0.1) is 0 Å². The summed E-state index contributed by atoms with van der Waals surface area (Å²) in [4.78, 5) is 35.1. The van der Waals surface area contributed by atoms with Gasteiger partial charge in [-0.1, -0.05) is 76.2 Å². The van der Waals surface area contributed by atoms with Crippen molar-refractivity contribution in [3.05, 3.63) is 71.3 Å². The smallest absolute Gasteiger partial charge is 0.306 e. The number of likely N-dealkylation sites (N-methyl/N-ethyl adjacent to an activating group) is 1. The van der Waals surface area contributed by atoms with E-state index in [-0.39, 0.29) is 25.3 Å². The zero-order chi connectivity index (χ0) is 26.6. The molecule has 36 heavy (non-hydrogen) atoms. The number of amides is 1. The van der Waals surface area contributed by atoms with Crippen molar-refractivity contribution in [1.29, 1.82) is 0 Å². The molecule has 0 aliphatic heterocycles. The largest absolute Gasteiger partial charge is 0.481 e. The molecule has 2 aromatic carbocycles. The number of aliphatic carboxylic acids is 1. The topological polar surface area (TPSA) is 113 Å². The molecule has 2 aromatic rings. The number of carbonyl (C=O) groups is 3. The second kappa shape index (κ2) is 21.3. The highest BCUT2D eigenvalue weighted by Gasteiger charge is 2.15. The lowest BCUT2D eigenvalue weighted by molar-refractivity contribution is -0.141. The predicted octanol–water partition coefficient (Wildman–Crippen LogP) is 5.04. The molecule has 2 unspecified atom stereocenters. The molecule has 4 N–H and O–H groups in total. The fourth-order valence-corrected chi connectivity index (χ4v) is 3.22. The number of carboxylic acids is 1. The maximum Gasteiger partial charge on any atom is 0.306 e. The van der Waals surface area contributed by atoms with Gasteiger partial charge in [-0.05, 0) is 45.4 Å². The predicted molar refractivity (Wildman–Crippen MR) is 150 cm³/mol. The van der Waals surface area contributed by atoms with Crippen LogP contribution >= 0.6 is 0 Å². The average Bonchev–Trinajstić information content (AvgIpc) is 2.85. The van der Waals surface area contributed by atoms with E-state index in [9.17, 15) is 14.4 Å². The molecule has 7 heteroatoms. The van der Waals surface area contributed by atoms with Crippen LogP contribution < -0.4 is 11.1 Å². The van der Waals surface area contributed by atoms with Crippen molar-refractivity contribution in [1.82, 2.24) is 10.2 Å². The van der Waals surface area contributed by atoms with Crippen LogP contribution in [0.1, 0.15) is 73.7 Å². The Morgan fingerprint density at radius 1 is 1.06 bits per heavy atom. The second-order valence-corrected chi connectivity index (χ2v) is 8.48. The number of carbonyl (C=O) groups excluding carboxylic acids is 2. The molecule has 1 amide bonds. The highest BCUT2D eigenvalue weighted by atomic mass is 16.4. The first-order valence-electron chi connectivity index (χ1n) is 12.2. The van der Waals surface area contributed by atoms with Crippen molar-refractivity contribution in [3.8, 4) is 0 Å². The minimum atomic E-state index is -0.781. The van der Waals surface area contributed by atoms with Gasteiger partial charge in [0.1, 0.15) is 6.29 Å². The number of nitrogens with two attached hydrogens (primary N) is 1. The van der Waals surface area contributed by atoms with Crippen molar-refractivity contribution in [2.75, 3.05) is 26.7 Å². The van der Waals surface area contributed by atoms with E-state index in [1.807, 2.05) is 23.1 Å². The Morgan fingerprint density at radius 3 is 2.06 bits per heavy atom. The van der Waals surface area contributed by atoms with Crippen LogP contribution in [0.3, 0.4) is 0 Å². The Labute approximate surface area is 218 Å². The normalized spacial score (nSPS) is 11.3. The van der Waals surface area contributed by atoms with Gasteiger partial charge < -0.3 is 21.1 Å².